The number of halogens is 3. The Morgan fingerprint density at radius 3 is 2.81 bits per heavy atom. The second-order valence-corrected chi connectivity index (χ2v) is 7.27. The molecule has 5 nitrogen and oxygen atoms in total. The van der Waals surface area contributed by atoms with E-state index in [4.69, 9.17) is 27.9 Å². The van der Waals surface area contributed by atoms with Crippen molar-refractivity contribution in [3.05, 3.63) is 61.4 Å². The summed E-state index contributed by atoms with van der Waals surface area (Å²) < 4.78 is 19.1. The molecule has 136 valence electrons. The maximum absolute atomic E-state index is 13.5. The molecule has 1 aliphatic rings. The first-order valence-electron chi connectivity index (χ1n) is 7.69. The summed E-state index contributed by atoms with van der Waals surface area (Å²) in [6, 6.07) is 3.19. The molecule has 1 aromatic carbocycles. The van der Waals surface area contributed by atoms with Gasteiger partial charge in [-0.25, -0.2) is 14.2 Å². The van der Waals surface area contributed by atoms with Crippen LogP contribution in [0.15, 0.2) is 40.0 Å². The minimum Gasteiger partial charge on any atom is -0.463 e. The van der Waals surface area contributed by atoms with E-state index in [2.05, 4.69) is 15.3 Å². The molecular formula is C17H14Cl2FN3O2S. The standard InChI is InChI=1S/C17H14Cl2FN3O2S/c1-3-25-17(24)12-8(2)22-16(14-15(19)26-7-21-14)23-13(12)10-5-4-9(20)6-11(10)18/h4-7,13H,3H2,1-2H3,(H,22,23). The van der Waals surface area contributed by atoms with Gasteiger partial charge in [0, 0.05) is 16.3 Å². The van der Waals surface area contributed by atoms with Crippen molar-refractivity contribution >= 4 is 46.3 Å². The number of thiazole rings is 1. The number of carbonyl (C=O) groups excluding carboxylic acids is 1. The number of allylic oxidation sites excluding steroid dienone is 1. The van der Waals surface area contributed by atoms with Gasteiger partial charge in [0.15, 0.2) is 5.84 Å². The lowest BCUT2D eigenvalue weighted by molar-refractivity contribution is -0.138. The lowest BCUT2D eigenvalue weighted by Crippen LogP contribution is -2.33. The average Bonchev–Trinajstić information content (AvgIpc) is 3.00. The maximum atomic E-state index is 13.5. The van der Waals surface area contributed by atoms with Gasteiger partial charge in [0.05, 0.1) is 17.7 Å². The molecule has 1 unspecified atom stereocenters. The van der Waals surface area contributed by atoms with Gasteiger partial charge in [-0.1, -0.05) is 29.3 Å². The molecular weight excluding hydrogens is 400 g/mol. The molecule has 0 saturated heterocycles. The van der Waals surface area contributed by atoms with Crippen molar-refractivity contribution in [3.8, 4) is 0 Å². The monoisotopic (exact) mass is 413 g/mol. The van der Waals surface area contributed by atoms with E-state index in [0.717, 1.165) is 0 Å². The van der Waals surface area contributed by atoms with Gasteiger partial charge >= 0.3 is 5.97 Å². The molecule has 1 aliphatic heterocycles. The molecule has 1 aromatic heterocycles. The number of nitrogens with one attached hydrogen (secondary N) is 1. The summed E-state index contributed by atoms with van der Waals surface area (Å²) in [5, 5.41) is 3.22. The van der Waals surface area contributed by atoms with E-state index in [1.807, 2.05) is 0 Å². The van der Waals surface area contributed by atoms with E-state index < -0.39 is 17.8 Å². The third-order valence-corrected chi connectivity index (χ3v) is 5.13. The van der Waals surface area contributed by atoms with Gasteiger partial charge in [0.1, 0.15) is 21.9 Å². The van der Waals surface area contributed by atoms with E-state index >= 15 is 0 Å². The van der Waals surface area contributed by atoms with E-state index in [0.29, 0.717) is 32.7 Å². The predicted molar refractivity (Wildman–Crippen MR) is 100 cm³/mol. The Hall–Kier alpha value is -1.96. The molecule has 1 atom stereocenters. The molecule has 0 bridgehead atoms. The second kappa shape index (κ2) is 7.73. The number of hydrogen-bond donors (Lipinski definition) is 1. The van der Waals surface area contributed by atoms with E-state index in [1.165, 1.54) is 29.5 Å². The third-order valence-electron chi connectivity index (χ3n) is 3.74. The summed E-state index contributed by atoms with van der Waals surface area (Å²) in [6.07, 6.45) is 0. The molecule has 26 heavy (non-hydrogen) atoms. The number of amidine groups is 1. The minimum absolute atomic E-state index is 0.166. The first kappa shape index (κ1) is 18.8. The molecule has 0 amide bonds. The van der Waals surface area contributed by atoms with Crippen LogP contribution in [0.1, 0.15) is 31.1 Å². The van der Waals surface area contributed by atoms with Crippen molar-refractivity contribution in [3.63, 3.8) is 0 Å². The highest BCUT2D eigenvalue weighted by atomic mass is 35.5. The number of aliphatic imine (C=N–C) groups is 1. The van der Waals surface area contributed by atoms with Crippen LogP contribution in [-0.4, -0.2) is 23.4 Å². The summed E-state index contributed by atoms with van der Waals surface area (Å²) in [6.45, 7) is 3.66. The highest BCUT2D eigenvalue weighted by molar-refractivity contribution is 7.14. The lowest BCUT2D eigenvalue weighted by Gasteiger charge is -2.26. The van der Waals surface area contributed by atoms with Crippen molar-refractivity contribution in [1.82, 2.24) is 10.3 Å². The van der Waals surface area contributed by atoms with Gasteiger partial charge in [-0.3, -0.25) is 4.99 Å². The molecule has 1 N–H and O–H groups in total. The number of carbonyl (C=O) groups is 1. The second-order valence-electron chi connectivity index (χ2n) is 5.40. The van der Waals surface area contributed by atoms with Gasteiger partial charge in [-0.15, -0.1) is 11.3 Å². The van der Waals surface area contributed by atoms with Crippen LogP contribution >= 0.6 is 34.5 Å². The Morgan fingerprint density at radius 1 is 1.42 bits per heavy atom. The summed E-state index contributed by atoms with van der Waals surface area (Å²) >= 11 is 13.7. The van der Waals surface area contributed by atoms with Crippen LogP contribution in [0, 0.1) is 5.82 Å². The fourth-order valence-electron chi connectivity index (χ4n) is 2.60. The fourth-order valence-corrected chi connectivity index (χ4v) is 3.64. The van der Waals surface area contributed by atoms with Crippen molar-refractivity contribution in [1.29, 1.82) is 0 Å². The Kier molecular flexibility index (Phi) is 5.60. The number of rotatable bonds is 4. The minimum atomic E-state index is -0.767. The first-order valence-corrected chi connectivity index (χ1v) is 9.33. The van der Waals surface area contributed by atoms with E-state index in [9.17, 15) is 9.18 Å². The SMILES string of the molecule is CCOC(=O)C1=C(C)NC(c2ncsc2Cl)=NC1c1ccc(F)cc1Cl. The van der Waals surface area contributed by atoms with E-state index in [-0.39, 0.29) is 11.6 Å². The zero-order valence-electron chi connectivity index (χ0n) is 13.8. The summed E-state index contributed by atoms with van der Waals surface area (Å²) in [5.74, 6) is -0.583. The molecule has 0 aliphatic carbocycles. The third kappa shape index (κ3) is 3.60. The van der Waals surface area contributed by atoms with Crippen LogP contribution in [0.4, 0.5) is 4.39 Å². The largest absolute Gasteiger partial charge is 0.463 e. The predicted octanol–water partition coefficient (Wildman–Crippen LogP) is 4.52. The molecule has 2 aromatic rings. The number of hydrogen-bond acceptors (Lipinski definition) is 6. The summed E-state index contributed by atoms with van der Waals surface area (Å²) in [7, 11) is 0. The van der Waals surface area contributed by atoms with Crippen molar-refractivity contribution in [2.45, 2.75) is 19.9 Å². The Labute approximate surface area is 163 Å². The smallest absolute Gasteiger partial charge is 0.338 e. The summed E-state index contributed by atoms with van der Waals surface area (Å²) in [5.41, 5.74) is 3.41. The molecule has 0 spiro atoms. The number of aromatic nitrogens is 1. The van der Waals surface area contributed by atoms with Crippen LogP contribution in [0.5, 0.6) is 0 Å². The van der Waals surface area contributed by atoms with Gasteiger partial charge < -0.3 is 10.1 Å². The van der Waals surface area contributed by atoms with Crippen LogP contribution in [0.2, 0.25) is 9.36 Å². The summed E-state index contributed by atoms with van der Waals surface area (Å²) in [4.78, 5) is 21.3. The van der Waals surface area contributed by atoms with Crippen LogP contribution in [-0.2, 0) is 9.53 Å². The normalized spacial score (nSPS) is 17.0. The van der Waals surface area contributed by atoms with Gasteiger partial charge in [0.2, 0.25) is 0 Å². The fraction of sp³-hybridized carbons (Fsp3) is 0.235. The molecule has 0 radical (unpaired) electrons. The highest BCUT2D eigenvalue weighted by Gasteiger charge is 2.32. The number of benzene rings is 1. The van der Waals surface area contributed by atoms with Gasteiger partial charge in [-0.2, -0.15) is 0 Å². The quantitative estimate of drug-likeness (QED) is 0.748. The van der Waals surface area contributed by atoms with Crippen LogP contribution < -0.4 is 5.32 Å². The molecule has 2 heterocycles. The van der Waals surface area contributed by atoms with Crippen molar-refractivity contribution < 1.29 is 13.9 Å². The lowest BCUT2D eigenvalue weighted by atomic mass is 9.95. The first-order chi connectivity index (χ1) is 12.4. The zero-order chi connectivity index (χ0) is 18.8. The van der Waals surface area contributed by atoms with Gasteiger partial charge in [-0.05, 0) is 26.0 Å². The van der Waals surface area contributed by atoms with Crippen LogP contribution in [0.25, 0.3) is 0 Å². The number of esters is 1. The molecule has 9 heteroatoms. The Bertz CT molecular complexity index is 926. The van der Waals surface area contributed by atoms with E-state index in [1.54, 1.807) is 19.4 Å². The maximum Gasteiger partial charge on any atom is 0.338 e. The van der Waals surface area contributed by atoms with Crippen molar-refractivity contribution in [2.24, 2.45) is 4.99 Å². The zero-order valence-corrected chi connectivity index (χ0v) is 16.2. The Balaban J connectivity index is 2.14. The van der Waals surface area contributed by atoms with Gasteiger partial charge in [0.25, 0.3) is 0 Å². The molecule has 0 saturated carbocycles. The van der Waals surface area contributed by atoms with Crippen LogP contribution in [0.3, 0.4) is 0 Å². The number of ether oxygens (including phenoxy) is 1. The molecule has 0 fully saturated rings. The Morgan fingerprint density at radius 2 is 2.19 bits per heavy atom. The topological polar surface area (TPSA) is 63.6 Å². The number of nitrogens with zero attached hydrogens (tertiary/aromatic N) is 2. The highest BCUT2D eigenvalue weighted by Crippen LogP contribution is 2.37. The van der Waals surface area contributed by atoms with Crippen molar-refractivity contribution in [2.75, 3.05) is 6.61 Å². The average molecular weight is 414 g/mol. The molecule has 3 rings (SSSR count).